The highest BCUT2D eigenvalue weighted by Gasteiger charge is 2.14. The molecule has 1 heterocycles. The number of rotatable bonds is 6. The van der Waals surface area contributed by atoms with Crippen molar-refractivity contribution in [2.75, 3.05) is 4.72 Å². The Hall–Kier alpha value is -1.64. The fourth-order valence-corrected chi connectivity index (χ4v) is 5.79. The van der Waals surface area contributed by atoms with Gasteiger partial charge in [-0.2, -0.15) is 0 Å². The van der Waals surface area contributed by atoms with Gasteiger partial charge in [-0.1, -0.05) is 37.7 Å². The van der Waals surface area contributed by atoms with Crippen LogP contribution in [0.5, 0.6) is 0 Å². The van der Waals surface area contributed by atoms with Gasteiger partial charge in [0, 0.05) is 5.25 Å². The predicted octanol–water partition coefficient (Wildman–Crippen LogP) is 4.88. The number of nitrogens with one attached hydrogen (secondary N) is 1. The Kier molecular flexibility index (Phi) is 5.31. The summed E-state index contributed by atoms with van der Waals surface area (Å²) >= 11 is 3.22. The molecule has 0 saturated heterocycles. The molecule has 4 nitrogen and oxygen atoms in total. The number of anilines is 1. The molecule has 0 aliphatic heterocycles. The molecular formula is C17H17FN2O2S3. The molecule has 0 amide bonds. The molecule has 3 aromatic rings. The van der Waals surface area contributed by atoms with Crippen molar-refractivity contribution in [3.8, 4) is 0 Å². The van der Waals surface area contributed by atoms with Crippen molar-refractivity contribution in [1.29, 1.82) is 0 Å². The highest BCUT2D eigenvalue weighted by molar-refractivity contribution is 8.01. The average molecular weight is 397 g/mol. The molecule has 0 aliphatic rings. The first-order valence-corrected chi connectivity index (χ1v) is 11.0. The number of thioether (sulfide) groups is 1. The molecule has 0 radical (unpaired) electrons. The van der Waals surface area contributed by atoms with Gasteiger partial charge in [0.15, 0.2) is 4.34 Å². The van der Waals surface area contributed by atoms with Crippen LogP contribution in [0.15, 0.2) is 46.8 Å². The first-order valence-electron chi connectivity index (χ1n) is 7.63. The van der Waals surface area contributed by atoms with Gasteiger partial charge in [-0.3, -0.25) is 4.72 Å². The van der Waals surface area contributed by atoms with Crippen molar-refractivity contribution < 1.29 is 12.8 Å². The number of hydrogen-bond acceptors (Lipinski definition) is 5. The molecule has 0 saturated carbocycles. The number of nitrogens with zero attached hydrogens (tertiary/aromatic N) is 1. The summed E-state index contributed by atoms with van der Waals surface area (Å²) in [6.07, 6.45) is 0. The molecule has 0 spiro atoms. The highest BCUT2D eigenvalue weighted by atomic mass is 32.2. The van der Waals surface area contributed by atoms with Crippen molar-refractivity contribution in [1.82, 2.24) is 4.98 Å². The van der Waals surface area contributed by atoms with Crippen molar-refractivity contribution in [3.05, 3.63) is 53.8 Å². The van der Waals surface area contributed by atoms with E-state index in [0.717, 1.165) is 14.6 Å². The second kappa shape index (κ2) is 7.31. The van der Waals surface area contributed by atoms with E-state index in [1.165, 1.54) is 29.5 Å². The van der Waals surface area contributed by atoms with Crippen LogP contribution in [0.1, 0.15) is 19.4 Å². The van der Waals surface area contributed by atoms with E-state index >= 15 is 0 Å². The maximum Gasteiger partial charge on any atom is 0.236 e. The molecule has 3 rings (SSSR count). The van der Waals surface area contributed by atoms with Crippen LogP contribution in [-0.2, 0) is 15.8 Å². The lowest BCUT2D eigenvalue weighted by Gasteiger charge is -2.08. The van der Waals surface area contributed by atoms with E-state index in [4.69, 9.17) is 0 Å². The van der Waals surface area contributed by atoms with E-state index in [1.54, 1.807) is 36.0 Å². The monoisotopic (exact) mass is 396 g/mol. The van der Waals surface area contributed by atoms with Gasteiger partial charge < -0.3 is 0 Å². The zero-order chi connectivity index (χ0) is 18.0. The SMILES string of the molecule is CC(C)Sc1nc2ccc(NS(=O)(=O)Cc3cccc(F)c3)cc2s1. The van der Waals surface area contributed by atoms with Crippen LogP contribution in [0.3, 0.4) is 0 Å². The highest BCUT2D eigenvalue weighted by Crippen LogP contribution is 2.33. The van der Waals surface area contributed by atoms with Crippen LogP contribution in [0, 0.1) is 5.82 Å². The molecule has 0 fully saturated rings. The third-order valence-electron chi connectivity index (χ3n) is 3.22. The molecule has 0 aliphatic carbocycles. The molecule has 1 aromatic heterocycles. The summed E-state index contributed by atoms with van der Waals surface area (Å²) in [6.45, 7) is 4.20. The average Bonchev–Trinajstić information content (AvgIpc) is 2.86. The number of hydrogen-bond donors (Lipinski definition) is 1. The number of aromatic nitrogens is 1. The van der Waals surface area contributed by atoms with Gasteiger partial charge in [0.2, 0.25) is 10.0 Å². The quantitative estimate of drug-likeness (QED) is 0.604. The predicted molar refractivity (Wildman–Crippen MR) is 103 cm³/mol. The van der Waals surface area contributed by atoms with E-state index < -0.39 is 15.8 Å². The van der Waals surface area contributed by atoms with Gasteiger partial charge in [-0.15, -0.1) is 11.3 Å². The number of sulfonamides is 1. The van der Waals surface area contributed by atoms with Crippen LogP contribution in [0.4, 0.5) is 10.1 Å². The fraction of sp³-hybridized carbons (Fsp3) is 0.235. The number of halogens is 1. The molecule has 132 valence electrons. The smallest absolute Gasteiger partial charge is 0.236 e. The minimum absolute atomic E-state index is 0.278. The lowest BCUT2D eigenvalue weighted by atomic mass is 10.2. The largest absolute Gasteiger partial charge is 0.283 e. The molecule has 0 atom stereocenters. The number of benzene rings is 2. The van der Waals surface area contributed by atoms with Crippen LogP contribution in [-0.4, -0.2) is 18.7 Å². The first kappa shape index (κ1) is 18.2. The van der Waals surface area contributed by atoms with Gasteiger partial charge in [0.25, 0.3) is 0 Å². The molecule has 0 bridgehead atoms. The molecule has 25 heavy (non-hydrogen) atoms. The summed E-state index contributed by atoms with van der Waals surface area (Å²) in [4.78, 5) is 4.53. The van der Waals surface area contributed by atoms with Crippen molar-refractivity contribution in [3.63, 3.8) is 0 Å². The van der Waals surface area contributed by atoms with Crippen molar-refractivity contribution in [2.24, 2.45) is 0 Å². The van der Waals surface area contributed by atoms with Gasteiger partial charge in [0.05, 0.1) is 21.7 Å². The van der Waals surface area contributed by atoms with Gasteiger partial charge in [-0.05, 0) is 35.9 Å². The fourth-order valence-electron chi connectivity index (χ4n) is 2.28. The summed E-state index contributed by atoms with van der Waals surface area (Å²) in [5, 5.41) is 0.435. The van der Waals surface area contributed by atoms with E-state index in [9.17, 15) is 12.8 Å². The van der Waals surface area contributed by atoms with E-state index in [2.05, 4.69) is 23.6 Å². The van der Waals surface area contributed by atoms with E-state index in [-0.39, 0.29) is 5.75 Å². The van der Waals surface area contributed by atoms with Crippen molar-refractivity contribution >= 4 is 49.0 Å². The zero-order valence-electron chi connectivity index (χ0n) is 13.7. The minimum Gasteiger partial charge on any atom is -0.283 e. The zero-order valence-corrected chi connectivity index (χ0v) is 16.1. The lowest BCUT2D eigenvalue weighted by Crippen LogP contribution is -2.15. The summed E-state index contributed by atoms with van der Waals surface area (Å²) in [7, 11) is -3.62. The number of fused-ring (bicyclic) bond motifs is 1. The van der Waals surface area contributed by atoms with Gasteiger partial charge in [-0.25, -0.2) is 17.8 Å². The lowest BCUT2D eigenvalue weighted by molar-refractivity contribution is 0.599. The van der Waals surface area contributed by atoms with Gasteiger partial charge >= 0.3 is 0 Å². The molecule has 0 unspecified atom stereocenters. The first-order chi connectivity index (χ1) is 11.8. The standard InChI is InChI=1S/C17H17FN2O2S3/c1-11(2)23-17-19-15-7-6-14(9-16(15)24-17)20-25(21,22)10-12-4-3-5-13(18)8-12/h3-9,11,20H,10H2,1-2H3. The van der Waals surface area contributed by atoms with Crippen LogP contribution >= 0.6 is 23.1 Å². The molecule has 8 heteroatoms. The Labute approximate surface area is 154 Å². The Balaban J connectivity index is 1.79. The maximum atomic E-state index is 13.2. The number of thiazole rings is 1. The molecule has 2 aromatic carbocycles. The second-order valence-electron chi connectivity index (χ2n) is 5.82. The summed E-state index contributed by atoms with van der Waals surface area (Å²) < 4.78 is 42.3. The Morgan fingerprint density at radius 2 is 2.04 bits per heavy atom. The Morgan fingerprint density at radius 3 is 2.76 bits per heavy atom. The minimum atomic E-state index is -3.62. The summed E-state index contributed by atoms with van der Waals surface area (Å²) in [6, 6.07) is 10.9. The Morgan fingerprint density at radius 1 is 1.24 bits per heavy atom. The summed E-state index contributed by atoms with van der Waals surface area (Å²) in [5.41, 5.74) is 1.73. The van der Waals surface area contributed by atoms with Gasteiger partial charge in [0.1, 0.15) is 5.82 Å². The maximum absolute atomic E-state index is 13.2. The Bertz CT molecular complexity index is 1000. The van der Waals surface area contributed by atoms with Crippen LogP contribution < -0.4 is 4.72 Å². The van der Waals surface area contributed by atoms with E-state index in [0.29, 0.717) is 16.5 Å². The van der Waals surface area contributed by atoms with Crippen LogP contribution in [0.2, 0.25) is 0 Å². The summed E-state index contributed by atoms with van der Waals surface area (Å²) in [5.74, 6) is -0.728. The van der Waals surface area contributed by atoms with E-state index in [1.807, 2.05) is 0 Å². The topological polar surface area (TPSA) is 59.1 Å². The third kappa shape index (κ3) is 4.93. The van der Waals surface area contributed by atoms with Crippen molar-refractivity contribution in [2.45, 2.75) is 29.2 Å². The third-order valence-corrected chi connectivity index (χ3v) is 6.60. The van der Waals surface area contributed by atoms with Crippen LogP contribution in [0.25, 0.3) is 10.2 Å². The second-order valence-corrected chi connectivity index (χ2v) is 10.4. The normalized spacial score (nSPS) is 12.0. The molecular weight excluding hydrogens is 379 g/mol. The molecule has 1 N–H and O–H groups in total.